The summed E-state index contributed by atoms with van der Waals surface area (Å²) in [6.07, 6.45) is -4.72. The van der Waals surface area contributed by atoms with Gasteiger partial charge in [-0.2, -0.15) is 13.2 Å². The van der Waals surface area contributed by atoms with Gasteiger partial charge in [-0.05, 0) is 90.2 Å². The van der Waals surface area contributed by atoms with Gasteiger partial charge < -0.3 is 18.3 Å². The molecule has 0 aliphatic carbocycles. The van der Waals surface area contributed by atoms with E-state index in [1.807, 2.05) is 46.8 Å². The zero-order valence-electron chi connectivity index (χ0n) is 22.5. The summed E-state index contributed by atoms with van der Waals surface area (Å²) < 4.78 is 74.1. The molecule has 1 saturated heterocycles. The van der Waals surface area contributed by atoms with Gasteiger partial charge in [-0.15, -0.1) is 4.72 Å². The molecule has 2 heterocycles. The zero-order chi connectivity index (χ0) is 28.4. The van der Waals surface area contributed by atoms with Gasteiger partial charge in [-0.25, -0.2) is 4.98 Å². The second kappa shape index (κ2) is 9.71. The summed E-state index contributed by atoms with van der Waals surface area (Å²) in [5, 5.41) is -0.0337. The summed E-state index contributed by atoms with van der Waals surface area (Å²) in [5.41, 5.74) is 1.26. The van der Waals surface area contributed by atoms with Crippen molar-refractivity contribution in [3.63, 3.8) is 0 Å². The lowest BCUT2D eigenvalue weighted by molar-refractivity contribution is -0.153. The molecule has 0 spiro atoms. The normalized spacial score (nSPS) is 19.2. The van der Waals surface area contributed by atoms with Crippen molar-refractivity contribution >= 4 is 46.6 Å². The standard InChI is InChI=1S/C26H31BClF3N2O4S/c1-14-16(10-9-11-17(14)27-36-24(5,6)25(7,8)37-27)22-32-19-13-15(12-18(28)20(19)35-22)21(26(29,30)31)33-38(34)23(2,3)4/h9-13,21,33H,1-8H3. The first-order valence-corrected chi connectivity index (χ1v) is 13.6. The van der Waals surface area contributed by atoms with Gasteiger partial charge in [0, 0.05) is 16.9 Å². The minimum Gasteiger partial charge on any atom is -0.598 e. The van der Waals surface area contributed by atoms with E-state index in [0.29, 0.717) is 5.56 Å². The van der Waals surface area contributed by atoms with Crippen molar-refractivity contribution < 1.29 is 31.4 Å². The number of aromatic nitrogens is 1. The maximum Gasteiger partial charge on any atom is 0.495 e. The smallest absolute Gasteiger partial charge is 0.495 e. The summed E-state index contributed by atoms with van der Waals surface area (Å²) >= 11 is 4.40. The van der Waals surface area contributed by atoms with E-state index in [1.165, 1.54) is 6.07 Å². The molecule has 206 valence electrons. The van der Waals surface area contributed by atoms with E-state index >= 15 is 0 Å². The number of benzene rings is 2. The van der Waals surface area contributed by atoms with Crippen LogP contribution in [0.5, 0.6) is 0 Å². The topological polar surface area (TPSA) is 79.6 Å². The molecule has 2 aromatic carbocycles. The quantitative estimate of drug-likeness (QED) is 0.282. The number of alkyl halides is 3. The molecular formula is C26H31BClF3N2O4S. The first-order valence-electron chi connectivity index (χ1n) is 12.1. The van der Waals surface area contributed by atoms with E-state index in [-0.39, 0.29) is 27.6 Å². The molecule has 2 unspecified atom stereocenters. The van der Waals surface area contributed by atoms with Crippen molar-refractivity contribution in [1.82, 2.24) is 9.71 Å². The third-order valence-corrected chi connectivity index (χ3v) is 8.86. The Morgan fingerprint density at radius 1 is 1.08 bits per heavy atom. The van der Waals surface area contributed by atoms with Crippen molar-refractivity contribution in [2.24, 2.45) is 0 Å². The van der Waals surface area contributed by atoms with Gasteiger partial charge in [0.2, 0.25) is 5.89 Å². The highest BCUT2D eigenvalue weighted by Crippen LogP contribution is 2.40. The van der Waals surface area contributed by atoms with Crippen molar-refractivity contribution in [1.29, 1.82) is 0 Å². The van der Waals surface area contributed by atoms with Gasteiger partial charge in [0.05, 0.1) is 16.2 Å². The molecule has 2 atom stereocenters. The van der Waals surface area contributed by atoms with Crippen molar-refractivity contribution in [2.75, 3.05) is 0 Å². The van der Waals surface area contributed by atoms with Crippen LogP contribution in [0.1, 0.15) is 65.6 Å². The first kappa shape index (κ1) is 29.2. The highest BCUT2D eigenvalue weighted by molar-refractivity contribution is 7.90. The SMILES string of the molecule is Cc1c(B2OC(C)(C)C(C)(C)O2)cccc1-c1nc2cc(C(N[S+]([O-])C(C)(C)C)C(F)(F)F)cc(Cl)c2o1. The number of fused-ring (bicyclic) bond motifs is 1. The minimum atomic E-state index is -4.72. The molecule has 1 N–H and O–H groups in total. The molecule has 1 aromatic heterocycles. The number of hydrogen-bond donors (Lipinski definition) is 1. The van der Waals surface area contributed by atoms with Crippen LogP contribution in [0.4, 0.5) is 13.2 Å². The molecule has 4 rings (SSSR count). The summed E-state index contributed by atoms with van der Waals surface area (Å²) in [6.45, 7) is 14.5. The Balaban J connectivity index is 1.74. The lowest BCUT2D eigenvalue weighted by Crippen LogP contribution is -2.45. The van der Waals surface area contributed by atoms with Gasteiger partial charge in [0.15, 0.2) is 11.6 Å². The summed E-state index contributed by atoms with van der Waals surface area (Å²) in [4.78, 5) is 4.48. The van der Waals surface area contributed by atoms with E-state index in [9.17, 15) is 17.7 Å². The van der Waals surface area contributed by atoms with E-state index in [4.69, 9.17) is 25.3 Å². The Labute approximate surface area is 229 Å². The van der Waals surface area contributed by atoms with Gasteiger partial charge in [-0.3, -0.25) is 0 Å². The number of nitrogens with zero attached hydrogens (tertiary/aromatic N) is 1. The van der Waals surface area contributed by atoms with Crippen LogP contribution in [0, 0.1) is 6.92 Å². The molecule has 0 radical (unpaired) electrons. The molecule has 1 aliphatic heterocycles. The minimum absolute atomic E-state index is 0.0337. The third kappa shape index (κ3) is 5.46. The monoisotopic (exact) mass is 570 g/mol. The van der Waals surface area contributed by atoms with Crippen molar-refractivity contribution in [3.8, 4) is 11.5 Å². The van der Waals surface area contributed by atoms with Crippen LogP contribution in [0.3, 0.4) is 0 Å². The molecule has 3 aromatic rings. The maximum atomic E-state index is 14.0. The maximum absolute atomic E-state index is 14.0. The van der Waals surface area contributed by atoms with Crippen LogP contribution >= 0.6 is 11.6 Å². The lowest BCUT2D eigenvalue weighted by Gasteiger charge is -2.32. The second-order valence-electron chi connectivity index (χ2n) is 11.5. The Morgan fingerprint density at radius 2 is 1.68 bits per heavy atom. The molecule has 0 bridgehead atoms. The molecular weight excluding hydrogens is 540 g/mol. The highest BCUT2D eigenvalue weighted by Gasteiger charge is 2.52. The molecule has 6 nitrogen and oxygen atoms in total. The lowest BCUT2D eigenvalue weighted by atomic mass is 9.75. The summed E-state index contributed by atoms with van der Waals surface area (Å²) in [7, 11) is -0.609. The predicted molar refractivity (Wildman–Crippen MR) is 145 cm³/mol. The second-order valence-corrected chi connectivity index (χ2v) is 13.9. The summed E-state index contributed by atoms with van der Waals surface area (Å²) in [5.74, 6) is 0.199. The fraction of sp³-hybridized carbons (Fsp3) is 0.500. The third-order valence-electron chi connectivity index (χ3n) is 7.02. The van der Waals surface area contributed by atoms with Gasteiger partial charge >= 0.3 is 13.3 Å². The fourth-order valence-corrected chi connectivity index (χ4v) is 5.11. The van der Waals surface area contributed by atoms with Crippen LogP contribution in [-0.4, -0.2) is 38.8 Å². The van der Waals surface area contributed by atoms with E-state index in [2.05, 4.69) is 9.71 Å². The van der Waals surface area contributed by atoms with Gasteiger partial charge in [-0.1, -0.05) is 23.7 Å². The first-order chi connectivity index (χ1) is 17.3. The molecule has 12 heteroatoms. The average molecular weight is 571 g/mol. The molecule has 38 heavy (non-hydrogen) atoms. The van der Waals surface area contributed by atoms with Crippen LogP contribution in [0.2, 0.25) is 5.02 Å². The van der Waals surface area contributed by atoms with Crippen molar-refractivity contribution in [3.05, 3.63) is 46.5 Å². The van der Waals surface area contributed by atoms with Crippen molar-refractivity contribution in [2.45, 2.75) is 83.6 Å². The van der Waals surface area contributed by atoms with Crippen LogP contribution in [-0.2, 0) is 20.7 Å². The Bertz CT molecular complexity index is 1340. The Morgan fingerprint density at radius 3 is 2.24 bits per heavy atom. The fourth-order valence-electron chi connectivity index (χ4n) is 4.01. The number of nitrogens with one attached hydrogen (secondary N) is 1. The number of halogens is 4. The van der Waals surface area contributed by atoms with Crippen LogP contribution in [0.15, 0.2) is 34.7 Å². The van der Waals surface area contributed by atoms with Crippen LogP contribution < -0.4 is 10.2 Å². The Hall–Kier alpha value is -1.76. The molecule has 0 saturated carbocycles. The highest BCUT2D eigenvalue weighted by atomic mass is 35.5. The average Bonchev–Trinajstić information content (AvgIpc) is 3.28. The zero-order valence-corrected chi connectivity index (χ0v) is 24.1. The van der Waals surface area contributed by atoms with E-state index in [1.54, 1.807) is 26.8 Å². The summed E-state index contributed by atoms with van der Waals surface area (Å²) in [6, 6.07) is 5.72. The van der Waals surface area contributed by atoms with E-state index in [0.717, 1.165) is 17.1 Å². The number of rotatable bonds is 5. The van der Waals surface area contributed by atoms with E-state index < -0.39 is 46.6 Å². The largest absolute Gasteiger partial charge is 0.598 e. The molecule has 1 fully saturated rings. The van der Waals surface area contributed by atoms with Gasteiger partial charge in [0.25, 0.3) is 0 Å². The van der Waals surface area contributed by atoms with Gasteiger partial charge in [0.1, 0.15) is 10.3 Å². The molecule has 0 amide bonds. The Kier molecular flexibility index (Phi) is 7.47. The predicted octanol–water partition coefficient (Wildman–Crippen LogP) is 6.41. The van der Waals surface area contributed by atoms with Crippen LogP contribution in [0.25, 0.3) is 22.6 Å². The number of hydrogen-bond acceptors (Lipinski definition) is 6. The molecule has 1 aliphatic rings. The number of oxazole rings is 1.